The van der Waals surface area contributed by atoms with Gasteiger partial charge in [0.1, 0.15) is 0 Å². The summed E-state index contributed by atoms with van der Waals surface area (Å²) in [6.07, 6.45) is 13.3. The molecule has 4 heteroatoms. The molecule has 1 aromatic rings. The van der Waals surface area contributed by atoms with Gasteiger partial charge in [-0.25, -0.2) is 0 Å². The molecule has 1 aromatic heterocycles. The van der Waals surface area contributed by atoms with Gasteiger partial charge < -0.3 is 19.9 Å². The molecular formula is C22H37N3O. The molecule has 2 aliphatic rings. The SMILES string of the molecule is C/C=c1\c(=C/CC)c(C(CN2CCNCC2)C2(O)CCCCC2)cn1C. The molecule has 146 valence electrons. The molecule has 1 aliphatic carbocycles. The highest BCUT2D eigenvalue weighted by molar-refractivity contribution is 5.37. The second-order valence-electron chi connectivity index (χ2n) is 8.16. The van der Waals surface area contributed by atoms with Crippen LogP contribution >= 0.6 is 0 Å². The van der Waals surface area contributed by atoms with E-state index in [1.54, 1.807) is 0 Å². The number of rotatable bonds is 5. The van der Waals surface area contributed by atoms with Crippen LogP contribution in [-0.4, -0.2) is 52.9 Å². The standard InChI is InChI=1S/C22H37N3O/c1-4-9-18-19(16-24(3)21(18)5-2)20(17-25-14-12-23-13-15-25)22(26)10-7-6-8-11-22/h5,9,16,20,23,26H,4,6-8,10-15,17H2,1-3H3/b18-9-,21-5+. The number of aliphatic hydroxyl groups is 1. The second-order valence-corrected chi connectivity index (χ2v) is 8.16. The summed E-state index contributed by atoms with van der Waals surface area (Å²) in [7, 11) is 2.14. The van der Waals surface area contributed by atoms with Crippen molar-refractivity contribution in [3.8, 4) is 0 Å². The number of aryl methyl sites for hydroxylation is 1. The second kappa shape index (κ2) is 8.73. The molecule has 0 spiro atoms. The van der Waals surface area contributed by atoms with Crippen LogP contribution in [0, 0.1) is 0 Å². The van der Waals surface area contributed by atoms with E-state index in [-0.39, 0.29) is 5.92 Å². The van der Waals surface area contributed by atoms with Crippen molar-refractivity contribution in [2.24, 2.45) is 7.05 Å². The highest BCUT2D eigenvalue weighted by Gasteiger charge is 2.40. The van der Waals surface area contributed by atoms with Gasteiger partial charge in [0.25, 0.3) is 0 Å². The van der Waals surface area contributed by atoms with Gasteiger partial charge in [0.15, 0.2) is 0 Å². The van der Waals surface area contributed by atoms with E-state index >= 15 is 0 Å². The van der Waals surface area contributed by atoms with Crippen LogP contribution in [0.3, 0.4) is 0 Å². The Kier molecular flexibility index (Phi) is 6.60. The summed E-state index contributed by atoms with van der Waals surface area (Å²) in [5, 5.41) is 17.8. The van der Waals surface area contributed by atoms with Gasteiger partial charge in [0, 0.05) is 57.2 Å². The third-order valence-electron chi connectivity index (χ3n) is 6.38. The Labute approximate surface area is 158 Å². The van der Waals surface area contributed by atoms with Crippen LogP contribution in [0.15, 0.2) is 6.20 Å². The van der Waals surface area contributed by atoms with Crippen molar-refractivity contribution in [1.29, 1.82) is 0 Å². The van der Waals surface area contributed by atoms with Gasteiger partial charge in [-0.05, 0) is 37.0 Å². The summed E-state index contributed by atoms with van der Waals surface area (Å²) in [6, 6.07) is 0. The smallest absolute Gasteiger partial charge is 0.0729 e. The van der Waals surface area contributed by atoms with Crippen LogP contribution in [0.2, 0.25) is 0 Å². The predicted molar refractivity (Wildman–Crippen MR) is 110 cm³/mol. The molecule has 0 aromatic carbocycles. The highest BCUT2D eigenvalue weighted by atomic mass is 16.3. The van der Waals surface area contributed by atoms with Crippen LogP contribution in [0.5, 0.6) is 0 Å². The maximum absolute atomic E-state index is 11.7. The van der Waals surface area contributed by atoms with Crippen molar-refractivity contribution in [2.45, 2.75) is 63.9 Å². The van der Waals surface area contributed by atoms with Gasteiger partial charge in [-0.15, -0.1) is 0 Å². The summed E-state index contributed by atoms with van der Waals surface area (Å²) in [5.74, 6) is 0.193. The van der Waals surface area contributed by atoms with Crippen molar-refractivity contribution in [2.75, 3.05) is 32.7 Å². The number of hydrogen-bond acceptors (Lipinski definition) is 3. The zero-order valence-electron chi connectivity index (χ0n) is 16.9. The largest absolute Gasteiger partial charge is 0.389 e. The first-order valence-corrected chi connectivity index (χ1v) is 10.6. The van der Waals surface area contributed by atoms with Gasteiger partial charge in [0.2, 0.25) is 0 Å². The Morgan fingerprint density at radius 2 is 1.92 bits per heavy atom. The molecule has 1 atom stereocenters. The fraction of sp³-hybridized carbons (Fsp3) is 0.727. The van der Waals surface area contributed by atoms with Crippen molar-refractivity contribution in [3.05, 3.63) is 22.3 Å². The summed E-state index contributed by atoms with van der Waals surface area (Å²) >= 11 is 0. The Bertz CT molecular complexity index is 694. The van der Waals surface area contributed by atoms with Gasteiger partial charge in [0.05, 0.1) is 5.60 Å². The van der Waals surface area contributed by atoms with Crippen LogP contribution in [0.25, 0.3) is 12.2 Å². The summed E-state index contributed by atoms with van der Waals surface area (Å²) < 4.78 is 2.24. The topological polar surface area (TPSA) is 40.4 Å². The first-order chi connectivity index (χ1) is 12.6. The van der Waals surface area contributed by atoms with Crippen LogP contribution < -0.4 is 15.9 Å². The lowest BCUT2D eigenvalue weighted by atomic mass is 9.72. The van der Waals surface area contributed by atoms with Crippen molar-refractivity contribution in [1.82, 2.24) is 14.8 Å². The van der Waals surface area contributed by atoms with Gasteiger partial charge in [-0.3, -0.25) is 0 Å². The Balaban J connectivity index is 2.04. The quantitative estimate of drug-likeness (QED) is 0.841. The zero-order valence-corrected chi connectivity index (χ0v) is 16.9. The van der Waals surface area contributed by atoms with Crippen molar-refractivity contribution in [3.63, 3.8) is 0 Å². The molecule has 0 radical (unpaired) electrons. The lowest BCUT2D eigenvalue weighted by Crippen LogP contribution is -2.50. The van der Waals surface area contributed by atoms with Crippen molar-refractivity contribution < 1.29 is 5.11 Å². The molecule has 0 amide bonds. The molecule has 2 fully saturated rings. The molecule has 1 saturated heterocycles. The molecule has 1 aliphatic heterocycles. The Morgan fingerprint density at radius 3 is 2.54 bits per heavy atom. The van der Waals surface area contributed by atoms with E-state index in [1.165, 1.54) is 22.6 Å². The average Bonchev–Trinajstić information content (AvgIpc) is 2.96. The maximum atomic E-state index is 11.7. The molecule has 2 N–H and O–H groups in total. The van der Waals surface area contributed by atoms with Crippen LogP contribution in [0.1, 0.15) is 63.9 Å². The lowest BCUT2D eigenvalue weighted by molar-refractivity contribution is -0.0318. The number of hydrogen-bond donors (Lipinski definition) is 2. The van der Waals surface area contributed by atoms with Gasteiger partial charge in [-0.2, -0.15) is 0 Å². The fourth-order valence-corrected chi connectivity index (χ4v) is 4.97. The zero-order chi connectivity index (χ0) is 18.6. The number of nitrogens with zero attached hydrogens (tertiary/aromatic N) is 2. The van der Waals surface area contributed by atoms with E-state index in [4.69, 9.17) is 0 Å². The average molecular weight is 360 g/mol. The predicted octanol–water partition coefficient (Wildman–Crippen LogP) is 1.70. The normalized spacial score (nSPS) is 24.2. The summed E-state index contributed by atoms with van der Waals surface area (Å²) in [4.78, 5) is 2.55. The van der Waals surface area contributed by atoms with E-state index in [2.05, 4.69) is 54.0 Å². The minimum absolute atomic E-state index is 0.193. The first-order valence-electron chi connectivity index (χ1n) is 10.6. The number of aromatic nitrogens is 1. The summed E-state index contributed by atoms with van der Waals surface area (Å²) in [5.41, 5.74) is 0.789. The minimum Gasteiger partial charge on any atom is -0.389 e. The third kappa shape index (κ3) is 4.08. The minimum atomic E-state index is -0.564. The molecule has 2 heterocycles. The molecular weight excluding hydrogens is 322 g/mol. The van der Waals surface area contributed by atoms with E-state index < -0.39 is 5.60 Å². The number of piperazine rings is 1. The molecule has 26 heavy (non-hydrogen) atoms. The van der Waals surface area contributed by atoms with Gasteiger partial charge >= 0.3 is 0 Å². The van der Waals surface area contributed by atoms with Crippen LogP contribution in [-0.2, 0) is 7.05 Å². The lowest BCUT2D eigenvalue weighted by Gasteiger charge is -2.42. The maximum Gasteiger partial charge on any atom is 0.0729 e. The van der Waals surface area contributed by atoms with Crippen molar-refractivity contribution >= 4 is 12.2 Å². The third-order valence-corrected chi connectivity index (χ3v) is 6.38. The Hall–Kier alpha value is -1.10. The Morgan fingerprint density at radius 1 is 1.23 bits per heavy atom. The fourth-order valence-electron chi connectivity index (χ4n) is 4.97. The molecule has 3 rings (SSSR count). The molecule has 1 saturated carbocycles. The molecule has 4 nitrogen and oxygen atoms in total. The molecule has 0 bridgehead atoms. The van der Waals surface area contributed by atoms with E-state index in [0.717, 1.165) is 64.8 Å². The molecule has 1 unspecified atom stereocenters. The number of nitrogens with one attached hydrogen (secondary N) is 1. The van der Waals surface area contributed by atoms with E-state index in [1.807, 2.05) is 0 Å². The van der Waals surface area contributed by atoms with E-state index in [0.29, 0.717) is 0 Å². The first kappa shape index (κ1) is 19.7. The monoisotopic (exact) mass is 359 g/mol. The van der Waals surface area contributed by atoms with Gasteiger partial charge in [-0.1, -0.05) is 38.3 Å². The van der Waals surface area contributed by atoms with Crippen LogP contribution in [0.4, 0.5) is 0 Å². The van der Waals surface area contributed by atoms with E-state index in [9.17, 15) is 5.11 Å². The summed E-state index contributed by atoms with van der Waals surface area (Å²) in [6.45, 7) is 9.57. The highest BCUT2D eigenvalue weighted by Crippen LogP contribution is 2.39.